The first-order valence-corrected chi connectivity index (χ1v) is 13.0. The van der Waals surface area contributed by atoms with Crippen molar-refractivity contribution in [3.05, 3.63) is 95.3 Å². The van der Waals surface area contributed by atoms with E-state index in [0.29, 0.717) is 36.1 Å². The third kappa shape index (κ3) is 5.96. The minimum Gasteiger partial charge on any atom is -0.488 e. The highest BCUT2D eigenvalue weighted by molar-refractivity contribution is 5.87. The molecule has 0 aromatic heterocycles. The van der Waals surface area contributed by atoms with Crippen molar-refractivity contribution in [3.8, 4) is 5.75 Å². The third-order valence-corrected chi connectivity index (χ3v) is 7.80. The summed E-state index contributed by atoms with van der Waals surface area (Å²) in [6.07, 6.45) is 1.18. The fraction of sp³-hybridized carbons (Fsp3) is 0.367. The molecule has 0 aliphatic carbocycles. The quantitative estimate of drug-likeness (QED) is 0.327. The standard InChI is InChI=1S/C30H32F3N2O3/c1-21-3-2-4-25(17-21)34(19-22-5-10-27(32)28(33)18-22)30(36)38-29-20-35(13-11-23(29)12-14-35)15-16-37-26-8-6-24(31)7-9-26/h2-10,17-18,23,29H,11-16,19-20H2,1H3/q+1/t23?,29-,35?/m0/s1. The van der Waals surface area contributed by atoms with Gasteiger partial charge in [-0.1, -0.05) is 18.2 Å². The van der Waals surface area contributed by atoms with Gasteiger partial charge in [0.05, 0.1) is 19.6 Å². The van der Waals surface area contributed by atoms with E-state index in [1.165, 1.54) is 23.1 Å². The van der Waals surface area contributed by atoms with Gasteiger partial charge in [-0.3, -0.25) is 4.90 Å². The van der Waals surface area contributed by atoms with Crippen LogP contribution in [0.15, 0.2) is 66.7 Å². The molecule has 3 aromatic carbocycles. The van der Waals surface area contributed by atoms with Crippen molar-refractivity contribution in [2.45, 2.75) is 32.4 Å². The highest BCUT2D eigenvalue weighted by Gasteiger charge is 2.48. The first-order valence-electron chi connectivity index (χ1n) is 13.0. The predicted molar refractivity (Wildman–Crippen MR) is 138 cm³/mol. The van der Waals surface area contributed by atoms with Gasteiger partial charge in [0.2, 0.25) is 0 Å². The number of carbonyl (C=O) groups excluding carboxylic acids is 1. The highest BCUT2D eigenvalue weighted by atomic mass is 19.2. The van der Waals surface area contributed by atoms with Crippen LogP contribution in [-0.2, 0) is 11.3 Å². The van der Waals surface area contributed by atoms with Crippen molar-refractivity contribution in [2.24, 2.45) is 5.92 Å². The van der Waals surface area contributed by atoms with E-state index >= 15 is 0 Å². The van der Waals surface area contributed by atoms with E-state index in [1.54, 1.807) is 12.1 Å². The first-order chi connectivity index (χ1) is 18.3. The number of nitrogens with zero attached hydrogens (tertiary/aromatic N) is 2. The normalized spacial score (nSPS) is 22.2. The summed E-state index contributed by atoms with van der Waals surface area (Å²) in [6, 6.07) is 17.1. The second kappa shape index (κ2) is 11.1. The smallest absolute Gasteiger partial charge is 0.415 e. The molecule has 2 bridgehead atoms. The lowest BCUT2D eigenvalue weighted by Crippen LogP contribution is -2.65. The number of rotatable bonds is 8. The zero-order valence-corrected chi connectivity index (χ0v) is 21.4. The number of carbonyl (C=O) groups is 1. The Morgan fingerprint density at radius 2 is 1.74 bits per heavy atom. The summed E-state index contributed by atoms with van der Waals surface area (Å²) in [6.45, 7) is 5.96. The predicted octanol–water partition coefficient (Wildman–Crippen LogP) is 6.24. The number of halogens is 3. The largest absolute Gasteiger partial charge is 0.488 e. The molecule has 1 amide bonds. The minimum atomic E-state index is -0.952. The fourth-order valence-corrected chi connectivity index (χ4v) is 5.63. The van der Waals surface area contributed by atoms with E-state index < -0.39 is 17.7 Å². The van der Waals surface area contributed by atoms with Crippen LogP contribution >= 0.6 is 0 Å². The molecule has 200 valence electrons. The number of aryl methyl sites for hydroxylation is 1. The summed E-state index contributed by atoms with van der Waals surface area (Å²) in [5.41, 5.74) is 2.08. The van der Waals surface area contributed by atoms with Crippen molar-refractivity contribution in [2.75, 3.05) is 37.7 Å². The summed E-state index contributed by atoms with van der Waals surface area (Å²) in [5.74, 6) is -1.26. The van der Waals surface area contributed by atoms with Crippen molar-refractivity contribution in [3.63, 3.8) is 0 Å². The summed E-state index contributed by atoms with van der Waals surface area (Å²) in [5, 5.41) is 0. The Morgan fingerprint density at radius 1 is 0.974 bits per heavy atom. The van der Waals surface area contributed by atoms with Gasteiger partial charge in [0.15, 0.2) is 17.7 Å². The molecule has 3 fully saturated rings. The zero-order chi connectivity index (χ0) is 26.7. The monoisotopic (exact) mass is 525 g/mol. The minimum absolute atomic E-state index is 0.0579. The molecule has 3 aliphatic heterocycles. The molecule has 0 unspecified atom stereocenters. The van der Waals surface area contributed by atoms with E-state index in [1.807, 2.05) is 31.2 Å². The van der Waals surface area contributed by atoms with Crippen LogP contribution < -0.4 is 9.64 Å². The molecule has 0 spiro atoms. The van der Waals surface area contributed by atoms with Gasteiger partial charge in [0.25, 0.3) is 0 Å². The molecule has 5 nitrogen and oxygen atoms in total. The van der Waals surface area contributed by atoms with Crippen LogP contribution in [0, 0.1) is 30.3 Å². The Hall–Kier alpha value is -3.52. The number of ether oxygens (including phenoxy) is 2. The summed E-state index contributed by atoms with van der Waals surface area (Å²) >= 11 is 0. The number of benzene rings is 3. The lowest BCUT2D eigenvalue weighted by molar-refractivity contribution is -0.946. The molecule has 3 saturated heterocycles. The van der Waals surface area contributed by atoms with Crippen molar-refractivity contribution < 1.29 is 31.9 Å². The maximum absolute atomic E-state index is 13.9. The molecule has 0 N–H and O–H groups in total. The number of hydrogen-bond acceptors (Lipinski definition) is 3. The Balaban J connectivity index is 1.27. The Labute approximate surface area is 221 Å². The maximum Gasteiger partial charge on any atom is 0.415 e. The summed E-state index contributed by atoms with van der Waals surface area (Å²) in [4.78, 5) is 15.0. The van der Waals surface area contributed by atoms with Crippen LogP contribution in [0.2, 0.25) is 0 Å². The molecule has 3 heterocycles. The molecule has 0 saturated carbocycles. The molecule has 3 aliphatic rings. The Bertz CT molecular complexity index is 1280. The molecular formula is C30H32F3N2O3+. The van der Waals surface area contributed by atoms with Crippen LogP contribution in [0.5, 0.6) is 5.75 Å². The second-order valence-corrected chi connectivity index (χ2v) is 10.4. The molecule has 0 radical (unpaired) electrons. The number of hydrogen-bond donors (Lipinski definition) is 0. The average Bonchev–Trinajstić information content (AvgIpc) is 2.91. The SMILES string of the molecule is Cc1cccc(N(Cc2ccc(F)c(F)c2)C(=O)O[C@H]2C[N+]3(CCOc4ccc(F)cc4)CCC2CC3)c1. The van der Waals surface area contributed by atoms with Crippen LogP contribution in [-0.4, -0.2) is 49.5 Å². The van der Waals surface area contributed by atoms with Gasteiger partial charge in [0.1, 0.15) is 31.3 Å². The van der Waals surface area contributed by atoms with Gasteiger partial charge in [-0.25, -0.2) is 18.0 Å². The third-order valence-electron chi connectivity index (χ3n) is 7.80. The molecule has 6 rings (SSSR count). The first kappa shape index (κ1) is 26.1. The van der Waals surface area contributed by atoms with Crippen molar-refractivity contribution in [1.29, 1.82) is 0 Å². The summed E-state index contributed by atoms with van der Waals surface area (Å²) < 4.78 is 53.4. The summed E-state index contributed by atoms with van der Waals surface area (Å²) in [7, 11) is 0. The van der Waals surface area contributed by atoms with Crippen molar-refractivity contribution in [1.82, 2.24) is 0 Å². The van der Waals surface area contributed by atoms with Crippen molar-refractivity contribution >= 4 is 11.8 Å². The van der Waals surface area contributed by atoms with Crippen LogP contribution in [0.1, 0.15) is 24.0 Å². The zero-order valence-electron chi connectivity index (χ0n) is 21.4. The topological polar surface area (TPSA) is 38.8 Å². The van der Waals surface area contributed by atoms with Gasteiger partial charge in [-0.15, -0.1) is 0 Å². The maximum atomic E-state index is 13.9. The second-order valence-electron chi connectivity index (χ2n) is 10.4. The van der Waals surface area contributed by atoms with Gasteiger partial charge in [-0.05, 0) is 66.6 Å². The van der Waals surface area contributed by atoms with E-state index in [-0.39, 0.29) is 18.5 Å². The van der Waals surface area contributed by atoms with E-state index in [9.17, 15) is 18.0 Å². The number of fused-ring (bicyclic) bond motifs is 3. The molecular weight excluding hydrogens is 493 g/mol. The van der Waals surface area contributed by atoms with Crippen LogP contribution in [0.25, 0.3) is 0 Å². The van der Waals surface area contributed by atoms with Gasteiger partial charge < -0.3 is 14.0 Å². The fourth-order valence-electron chi connectivity index (χ4n) is 5.63. The van der Waals surface area contributed by atoms with Gasteiger partial charge in [-0.2, -0.15) is 0 Å². The van der Waals surface area contributed by atoms with Crippen LogP contribution in [0.4, 0.5) is 23.7 Å². The van der Waals surface area contributed by atoms with Gasteiger partial charge in [0, 0.05) is 24.4 Å². The average molecular weight is 526 g/mol. The number of quaternary nitrogens is 1. The lowest BCUT2D eigenvalue weighted by Gasteiger charge is -2.52. The lowest BCUT2D eigenvalue weighted by atomic mass is 9.83. The number of piperidine rings is 3. The molecule has 38 heavy (non-hydrogen) atoms. The number of anilines is 1. The van der Waals surface area contributed by atoms with Crippen LogP contribution in [0.3, 0.4) is 0 Å². The molecule has 8 heteroatoms. The highest BCUT2D eigenvalue weighted by Crippen LogP contribution is 2.36. The molecule has 1 atom stereocenters. The Morgan fingerprint density at radius 3 is 2.45 bits per heavy atom. The number of amides is 1. The van der Waals surface area contributed by atoms with E-state index in [4.69, 9.17) is 9.47 Å². The van der Waals surface area contributed by atoms with E-state index in [0.717, 1.165) is 54.7 Å². The molecule has 3 aromatic rings. The Kier molecular flexibility index (Phi) is 7.61. The van der Waals surface area contributed by atoms with Gasteiger partial charge >= 0.3 is 6.09 Å². The van der Waals surface area contributed by atoms with E-state index in [2.05, 4.69) is 0 Å².